The Balaban J connectivity index is 1.71. The van der Waals surface area contributed by atoms with Crippen molar-refractivity contribution in [1.29, 1.82) is 0 Å². The number of aromatic nitrogens is 2. The summed E-state index contributed by atoms with van der Waals surface area (Å²) in [6.07, 6.45) is 6.70. The lowest BCUT2D eigenvalue weighted by atomic mass is 10.2. The lowest BCUT2D eigenvalue weighted by Gasteiger charge is -2.09. The average molecular weight is 302 g/mol. The Kier molecular flexibility index (Phi) is 4.15. The van der Waals surface area contributed by atoms with Gasteiger partial charge in [0.1, 0.15) is 0 Å². The van der Waals surface area contributed by atoms with E-state index in [2.05, 4.69) is 27.5 Å². The number of rotatable bonds is 6. The van der Waals surface area contributed by atoms with Crippen LogP contribution in [-0.2, 0) is 0 Å². The first-order valence-corrected chi connectivity index (χ1v) is 8.10. The molecule has 0 radical (unpaired) electrons. The highest BCUT2D eigenvalue weighted by molar-refractivity contribution is 7.14. The highest BCUT2D eigenvalue weighted by atomic mass is 32.1. The van der Waals surface area contributed by atoms with Crippen molar-refractivity contribution in [1.82, 2.24) is 9.97 Å². The highest BCUT2D eigenvalue weighted by Crippen LogP contribution is 2.40. The largest absolute Gasteiger partial charge is 0.384 e. The minimum Gasteiger partial charge on any atom is -0.384 e. The second-order valence-corrected chi connectivity index (χ2v) is 6.01. The Bertz CT molecular complexity index is 636. The van der Waals surface area contributed by atoms with Crippen molar-refractivity contribution < 1.29 is 4.79 Å². The van der Waals surface area contributed by atoms with E-state index in [4.69, 9.17) is 0 Å². The van der Waals surface area contributed by atoms with Gasteiger partial charge in [0.2, 0.25) is 0 Å². The number of amides is 1. The van der Waals surface area contributed by atoms with Gasteiger partial charge in [-0.3, -0.25) is 15.1 Å². The number of nitrogens with zero attached hydrogens (tertiary/aromatic N) is 2. The Morgan fingerprint density at radius 1 is 1.48 bits per heavy atom. The second kappa shape index (κ2) is 6.22. The fourth-order valence-electron chi connectivity index (χ4n) is 2.06. The SMILES string of the molecule is CCCNc1ccncc1C(=O)Nc1nc(C2CC2)cs1. The molecule has 1 amide bonds. The molecule has 0 aromatic carbocycles. The first kappa shape index (κ1) is 14.0. The average Bonchev–Trinajstić information content (AvgIpc) is 3.26. The summed E-state index contributed by atoms with van der Waals surface area (Å²) in [4.78, 5) is 20.9. The molecule has 21 heavy (non-hydrogen) atoms. The normalized spacial score (nSPS) is 14.0. The van der Waals surface area contributed by atoms with E-state index in [1.165, 1.54) is 24.2 Å². The summed E-state index contributed by atoms with van der Waals surface area (Å²) < 4.78 is 0. The Morgan fingerprint density at radius 2 is 2.33 bits per heavy atom. The molecule has 3 rings (SSSR count). The molecule has 1 aliphatic rings. The summed E-state index contributed by atoms with van der Waals surface area (Å²) in [5.41, 5.74) is 2.46. The first-order valence-electron chi connectivity index (χ1n) is 7.22. The third-order valence-electron chi connectivity index (χ3n) is 3.37. The van der Waals surface area contributed by atoms with Gasteiger partial charge < -0.3 is 5.32 Å². The van der Waals surface area contributed by atoms with Gasteiger partial charge >= 0.3 is 0 Å². The van der Waals surface area contributed by atoms with Crippen LogP contribution in [0.5, 0.6) is 0 Å². The van der Waals surface area contributed by atoms with Crippen LogP contribution in [0.15, 0.2) is 23.8 Å². The summed E-state index contributed by atoms with van der Waals surface area (Å²) in [5, 5.41) is 8.81. The quantitative estimate of drug-likeness (QED) is 0.857. The zero-order valence-electron chi connectivity index (χ0n) is 11.9. The molecule has 0 atom stereocenters. The molecule has 0 saturated heterocycles. The highest BCUT2D eigenvalue weighted by Gasteiger charge is 2.26. The van der Waals surface area contributed by atoms with Crippen LogP contribution in [0.3, 0.4) is 0 Å². The van der Waals surface area contributed by atoms with E-state index in [9.17, 15) is 4.79 Å². The molecule has 0 spiro atoms. The Morgan fingerprint density at radius 3 is 3.10 bits per heavy atom. The molecule has 1 aliphatic carbocycles. The van der Waals surface area contributed by atoms with Crippen molar-refractivity contribution in [2.75, 3.05) is 17.2 Å². The molecule has 5 nitrogen and oxygen atoms in total. The first-order chi connectivity index (χ1) is 10.3. The number of hydrogen-bond donors (Lipinski definition) is 2. The Labute approximate surface area is 127 Å². The van der Waals surface area contributed by atoms with E-state index in [1.807, 2.05) is 11.4 Å². The van der Waals surface area contributed by atoms with Crippen LogP contribution >= 0.6 is 11.3 Å². The number of anilines is 2. The van der Waals surface area contributed by atoms with Crippen LogP contribution in [0.25, 0.3) is 0 Å². The molecule has 2 aromatic rings. The second-order valence-electron chi connectivity index (χ2n) is 5.15. The van der Waals surface area contributed by atoms with Gasteiger partial charge in [0.25, 0.3) is 5.91 Å². The van der Waals surface area contributed by atoms with Crippen LogP contribution in [0.2, 0.25) is 0 Å². The number of pyridine rings is 1. The van der Waals surface area contributed by atoms with E-state index in [1.54, 1.807) is 12.4 Å². The monoisotopic (exact) mass is 302 g/mol. The summed E-state index contributed by atoms with van der Waals surface area (Å²) in [5.74, 6) is 0.436. The molecule has 2 N–H and O–H groups in total. The van der Waals surface area contributed by atoms with Gasteiger partial charge in [0, 0.05) is 30.2 Å². The van der Waals surface area contributed by atoms with E-state index >= 15 is 0 Å². The van der Waals surface area contributed by atoms with Crippen LogP contribution in [0.4, 0.5) is 10.8 Å². The van der Waals surface area contributed by atoms with Gasteiger partial charge in [0.15, 0.2) is 5.13 Å². The molecule has 110 valence electrons. The van der Waals surface area contributed by atoms with Gasteiger partial charge in [-0.25, -0.2) is 4.98 Å². The molecular formula is C15H18N4OS. The van der Waals surface area contributed by atoms with Gasteiger partial charge in [-0.1, -0.05) is 6.92 Å². The van der Waals surface area contributed by atoms with Crippen molar-refractivity contribution >= 4 is 28.1 Å². The summed E-state index contributed by atoms with van der Waals surface area (Å²) in [6.45, 7) is 2.91. The van der Waals surface area contributed by atoms with Gasteiger partial charge in [-0.15, -0.1) is 11.3 Å². The summed E-state index contributed by atoms with van der Waals surface area (Å²) >= 11 is 1.48. The minimum absolute atomic E-state index is 0.168. The molecule has 0 bridgehead atoms. The van der Waals surface area contributed by atoms with Gasteiger partial charge in [-0.05, 0) is 25.3 Å². The van der Waals surface area contributed by atoms with Crippen LogP contribution in [0, 0.1) is 0 Å². The van der Waals surface area contributed by atoms with Crippen molar-refractivity contribution in [3.8, 4) is 0 Å². The zero-order valence-corrected chi connectivity index (χ0v) is 12.7. The molecule has 1 fully saturated rings. The molecule has 2 heterocycles. The fraction of sp³-hybridized carbons (Fsp3) is 0.400. The number of thiazole rings is 1. The third kappa shape index (κ3) is 3.39. The predicted octanol–water partition coefficient (Wildman–Crippen LogP) is 3.49. The molecule has 2 aromatic heterocycles. The van der Waals surface area contributed by atoms with Gasteiger partial charge in [0.05, 0.1) is 16.9 Å². The summed E-state index contributed by atoms with van der Waals surface area (Å²) in [7, 11) is 0. The summed E-state index contributed by atoms with van der Waals surface area (Å²) in [6, 6.07) is 1.82. The van der Waals surface area contributed by atoms with Crippen molar-refractivity contribution in [3.63, 3.8) is 0 Å². The zero-order chi connectivity index (χ0) is 14.7. The fourth-order valence-corrected chi connectivity index (χ4v) is 2.85. The molecule has 0 unspecified atom stereocenters. The van der Waals surface area contributed by atoms with Crippen molar-refractivity contribution in [2.45, 2.75) is 32.1 Å². The number of hydrogen-bond acceptors (Lipinski definition) is 5. The predicted molar refractivity (Wildman–Crippen MR) is 85.1 cm³/mol. The third-order valence-corrected chi connectivity index (χ3v) is 4.15. The molecule has 1 saturated carbocycles. The maximum atomic E-state index is 12.4. The molecule has 6 heteroatoms. The lowest BCUT2D eigenvalue weighted by molar-refractivity contribution is 0.102. The number of carbonyl (C=O) groups is 1. The van der Waals surface area contributed by atoms with Gasteiger partial charge in [-0.2, -0.15) is 0 Å². The number of nitrogens with one attached hydrogen (secondary N) is 2. The Hall–Kier alpha value is -1.95. The maximum Gasteiger partial charge on any atom is 0.261 e. The standard InChI is InChI=1S/C15H18N4OS/c1-2-6-17-12-5-7-16-8-11(12)14(20)19-15-18-13(9-21-15)10-3-4-10/h5,7-10H,2-4,6H2,1H3,(H,16,17)(H,18,19,20). The van der Waals surface area contributed by atoms with Crippen molar-refractivity contribution in [3.05, 3.63) is 35.1 Å². The lowest BCUT2D eigenvalue weighted by Crippen LogP contribution is -2.15. The van der Waals surface area contributed by atoms with Crippen LogP contribution in [-0.4, -0.2) is 22.4 Å². The van der Waals surface area contributed by atoms with Crippen LogP contribution < -0.4 is 10.6 Å². The van der Waals surface area contributed by atoms with E-state index in [0.717, 1.165) is 24.3 Å². The van der Waals surface area contributed by atoms with E-state index in [-0.39, 0.29) is 5.91 Å². The number of carbonyl (C=O) groups excluding carboxylic acids is 1. The smallest absolute Gasteiger partial charge is 0.261 e. The van der Waals surface area contributed by atoms with Crippen molar-refractivity contribution in [2.24, 2.45) is 0 Å². The van der Waals surface area contributed by atoms with E-state index < -0.39 is 0 Å². The van der Waals surface area contributed by atoms with E-state index in [0.29, 0.717) is 16.6 Å². The molecular weight excluding hydrogens is 284 g/mol. The van der Waals surface area contributed by atoms with Crippen LogP contribution in [0.1, 0.15) is 48.2 Å². The minimum atomic E-state index is -0.168. The topological polar surface area (TPSA) is 66.9 Å². The molecule has 0 aliphatic heterocycles. The maximum absolute atomic E-state index is 12.4.